The van der Waals surface area contributed by atoms with Gasteiger partial charge in [-0.25, -0.2) is 9.82 Å². The quantitative estimate of drug-likeness (QED) is 0.671. The summed E-state index contributed by atoms with van der Waals surface area (Å²) in [5.74, 6) is 5.54. The standard InChI is InChI=1S/C17H19FN2O/c1-21-15-7-3-6-14(16(15)18)17(20-19)13-9-8-11-4-2-5-12(11)10-13/h3,6-10,17,20H,2,4-5,19H2,1H3. The molecule has 2 aromatic carbocycles. The molecule has 0 aliphatic heterocycles. The lowest BCUT2D eigenvalue weighted by molar-refractivity contribution is 0.381. The third kappa shape index (κ3) is 2.52. The number of halogens is 1. The molecule has 1 atom stereocenters. The van der Waals surface area contributed by atoms with Crippen LogP contribution >= 0.6 is 0 Å². The van der Waals surface area contributed by atoms with E-state index in [1.54, 1.807) is 18.2 Å². The van der Waals surface area contributed by atoms with E-state index in [-0.39, 0.29) is 17.6 Å². The molecule has 3 N–H and O–H groups in total. The first-order valence-corrected chi connectivity index (χ1v) is 7.15. The lowest BCUT2D eigenvalue weighted by atomic mass is 9.95. The number of hydrogen-bond donors (Lipinski definition) is 2. The third-order valence-corrected chi connectivity index (χ3v) is 4.15. The van der Waals surface area contributed by atoms with E-state index in [9.17, 15) is 4.39 Å². The fraction of sp³-hybridized carbons (Fsp3) is 0.294. The lowest BCUT2D eigenvalue weighted by Gasteiger charge is -2.19. The number of methoxy groups -OCH3 is 1. The molecule has 0 spiro atoms. The van der Waals surface area contributed by atoms with Crippen molar-refractivity contribution in [2.45, 2.75) is 25.3 Å². The van der Waals surface area contributed by atoms with Crippen LogP contribution in [0, 0.1) is 5.82 Å². The molecule has 0 aromatic heterocycles. The van der Waals surface area contributed by atoms with Crippen molar-refractivity contribution in [1.82, 2.24) is 5.43 Å². The Hall–Kier alpha value is -1.91. The average molecular weight is 286 g/mol. The van der Waals surface area contributed by atoms with Gasteiger partial charge in [-0.1, -0.05) is 30.3 Å². The monoisotopic (exact) mass is 286 g/mol. The Kier molecular flexibility index (Phi) is 3.90. The van der Waals surface area contributed by atoms with Crippen molar-refractivity contribution in [3.63, 3.8) is 0 Å². The van der Waals surface area contributed by atoms with E-state index in [0.717, 1.165) is 18.4 Å². The Labute approximate surface area is 123 Å². The zero-order valence-electron chi connectivity index (χ0n) is 12.0. The van der Waals surface area contributed by atoms with E-state index < -0.39 is 0 Å². The normalized spacial score (nSPS) is 14.8. The first-order chi connectivity index (χ1) is 10.2. The molecule has 0 bridgehead atoms. The predicted molar refractivity (Wildman–Crippen MR) is 80.6 cm³/mol. The van der Waals surface area contributed by atoms with Crippen LogP contribution in [0.2, 0.25) is 0 Å². The molecule has 2 aromatic rings. The highest BCUT2D eigenvalue weighted by Crippen LogP contribution is 2.31. The molecular formula is C17H19FN2O. The molecule has 0 saturated heterocycles. The summed E-state index contributed by atoms with van der Waals surface area (Å²) in [7, 11) is 1.46. The molecule has 0 radical (unpaired) electrons. The van der Waals surface area contributed by atoms with Gasteiger partial charge in [0.15, 0.2) is 11.6 Å². The summed E-state index contributed by atoms with van der Waals surface area (Å²) in [5, 5.41) is 0. The van der Waals surface area contributed by atoms with E-state index >= 15 is 0 Å². The van der Waals surface area contributed by atoms with Crippen molar-refractivity contribution in [2.75, 3.05) is 7.11 Å². The molecular weight excluding hydrogens is 267 g/mol. The van der Waals surface area contributed by atoms with Crippen LogP contribution < -0.4 is 16.0 Å². The Morgan fingerprint density at radius 2 is 2.00 bits per heavy atom. The van der Waals surface area contributed by atoms with Crippen LogP contribution in [-0.4, -0.2) is 7.11 Å². The second kappa shape index (κ2) is 5.84. The molecule has 1 unspecified atom stereocenters. The summed E-state index contributed by atoms with van der Waals surface area (Å²) in [6.45, 7) is 0. The van der Waals surface area contributed by atoms with Gasteiger partial charge in [0.05, 0.1) is 13.2 Å². The van der Waals surface area contributed by atoms with Gasteiger partial charge in [-0.15, -0.1) is 0 Å². The van der Waals surface area contributed by atoms with Crippen molar-refractivity contribution in [3.8, 4) is 5.75 Å². The third-order valence-electron chi connectivity index (χ3n) is 4.15. The van der Waals surface area contributed by atoms with Gasteiger partial charge in [0.1, 0.15) is 0 Å². The number of nitrogens with one attached hydrogen (secondary N) is 1. The van der Waals surface area contributed by atoms with E-state index in [1.807, 2.05) is 6.07 Å². The fourth-order valence-electron chi connectivity index (χ4n) is 3.05. The molecule has 21 heavy (non-hydrogen) atoms. The highest BCUT2D eigenvalue weighted by atomic mass is 19.1. The number of hydrazine groups is 1. The number of nitrogens with two attached hydrogens (primary N) is 1. The van der Waals surface area contributed by atoms with Crippen molar-refractivity contribution < 1.29 is 9.13 Å². The van der Waals surface area contributed by atoms with Crippen molar-refractivity contribution in [1.29, 1.82) is 0 Å². The number of fused-ring (bicyclic) bond motifs is 1. The van der Waals surface area contributed by atoms with Gasteiger partial charge in [0.25, 0.3) is 0 Å². The van der Waals surface area contributed by atoms with Gasteiger partial charge in [0.2, 0.25) is 0 Å². The molecule has 0 fully saturated rings. The molecule has 0 saturated carbocycles. The van der Waals surface area contributed by atoms with E-state index in [2.05, 4.69) is 17.6 Å². The smallest absolute Gasteiger partial charge is 0.170 e. The summed E-state index contributed by atoms with van der Waals surface area (Å²) >= 11 is 0. The summed E-state index contributed by atoms with van der Waals surface area (Å²) in [4.78, 5) is 0. The largest absolute Gasteiger partial charge is 0.494 e. The highest BCUT2D eigenvalue weighted by molar-refractivity contribution is 5.42. The average Bonchev–Trinajstić information content (AvgIpc) is 2.97. The maximum atomic E-state index is 14.4. The van der Waals surface area contributed by atoms with Crippen LogP contribution in [0.15, 0.2) is 36.4 Å². The molecule has 0 heterocycles. The van der Waals surface area contributed by atoms with Crippen LogP contribution in [0.5, 0.6) is 5.75 Å². The van der Waals surface area contributed by atoms with Gasteiger partial charge in [-0.3, -0.25) is 5.84 Å². The van der Waals surface area contributed by atoms with Crippen LogP contribution in [0.3, 0.4) is 0 Å². The van der Waals surface area contributed by atoms with Gasteiger partial charge in [-0.05, 0) is 42.0 Å². The Balaban J connectivity index is 2.02. The van der Waals surface area contributed by atoms with Crippen LogP contribution in [0.25, 0.3) is 0 Å². The SMILES string of the molecule is COc1cccc(C(NN)c2ccc3c(c2)CCC3)c1F. The number of aryl methyl sites for hydroxylation is 2. The Morgan fingerprint density at radius 1 is 1.19 bits per heavy atom. The first kappa shape index (κ1) is 14.0. The zero-order chi connectivity index (χ0) is 14.8. The fourth-order valence-corrected chi connectivity index (χ4v) is 3.05. The topological polar surface area (TPSA) is 47.3 Å². The summed E-state index contributed by atoms with van der Waals surface area (Å²) in [6.07, 6.45) is 3.40. The molecule has 4 heteroatoms. The predicted octanol–water partition coefficient (Wildman–Crippen LogP) is 2.88. The first-order valence-electron chi connectivity index (χ1n) is 7.15. The molecule has 3 rings (SSSR count). The van der Waals surface area contributed by atoms with Crippen molar-refractivity contribution in [2.24, 2.45) is 5.84 Å². The Bertz CT molecular complexity index is 657. The number of ether oxygens (including phenoxy) is 1. The summed E-state index contributed by atoms with van der Waals surface area (Å²) in [6, 6.07) is 11.0. The molecule has 3 nitrogen and oxygen atoms in total. The summed E-state index contributed by atoms with van der Waals surface area (Å²) < 4.78 is 19.5. The van der Waals surface area contributed by atoms with Crippen LogP contribution in [-0.2, 0) is 12.8 Å². The Morgan fingerprint density at radius 3 is 2.76 bits per heavy atom. The van der Waals surface area contributed by atoms with Gasteiger partial charge < -0.3 is 4.74 Å². The second-order valence-corrected chi connectivity index (χ2v) is 5.34. The van der Waals surface area contributed by atoms with E-state index in [0.29, 0.717) is 5.56 Å². The molecule has 0 amide bonds. The van der Waals surface area contributed by atoms with Crippen LogP contribution in [0.1, 0.15) is 34.7 Å². The van der Waals surface area contributed by atoms with Gasteiger partial charge in [-0.2, -0.15) is 0 Å². The number of rotatable bonds is 4. The molecule has 1 aliphatic carbocycles. The summed E-state index contributed by atoms with van der Waals surface area (Å²) in [5.41, 5.74) is 6.93. The highest BCUT2D eigenvalue weighted by Gasteiger charge is 2.21. The minimum absolute atomic E-state index is 0.230. The van der Waals surface area contributed by atoms with Gasteiger partial charge in [0, 0.05) is 5.56 Å². The van der Waals surface area contributed by atoms with Crippen LogP contribution in [0.4, 0.5) is 4.39 Å². The van der Waals surface area contributed by atoms with Gasteiger partial charge >= 0.3 is 0 Å². The molecule has 1 aliphatic rings. The minimum Gasteiger partial charge on any atom is -0.494 e. The van der Waals surface area contributed by atoms with E-state index in [1.165, 1.54) is 24.7 Å². The van der Waals surface area contributed by atoms with Crippen molar-refractivity contribution in [3.05, 3.63) is 64.5 Å². The molecule has 110 valence electrons. The minimum atomic E-state index is -0.383. The van der Waals surface area contributed by atoms with Crippen molar-refractivity contribution >= 4 is 0 Å². The number of benzene rings is 2. The number of hydrogen-bond acceptors (Lipinski definition) is 3. The van der Waals surface area contributed by atoms with E-state index in [4.69, 9.17) is 10.6 Å². The maximum Gasteiger partial charge on any atom is 0.170 e. The maximum absolute atomic E-state index is 14.4. The zero-order valence-corrected chi connectivity index (χ0v) is 12.0. The second-order valence-electron chi connectivity index (χ2n) is 5.34. The lowest BCUT2D eigenvalue weighted by Crippen LogP contribution is -2.29.